The lowest BCUT2D eigenvalue weighted by Gasteiger charge is -2.03. The molecule has 120 valence electrons. The van der Waals surface area contributed by atoms with Gasteiger partial charge in [0.15, 0.2) is 5.76 Å². The second-order valence-corrected chi connectivity index (χ2v) is 6.85. The van der Waals surface area contributed by atoms with Crippen LogP contribution in [-0.4, -0.2) is 26.4 Å². The number of carbonyl (C=O) groups is 1. The maximum Gasteiger partial charge on any atom is 0.291 e. The topological polar surface area (TPSA) is 104 Å². The minimum atomic E-state index is -3.71. The fourth-order valence-corrected chi connectivity index (χ4v) is 2.88. The molecule has 1 amide bonds. The van der Waals surface area contributed by atoms with Crippen LogP contribution < -0.4 is 10.0 Å². The average molecular weight is 333 g/mol. The van der Waals surface area contributed by atoms with E-state index in [9.17, 15) is 13.2 Å². The zero-order valence-corrected chi connectivity index (χ0v) is 13.3. The zero-order valence-electron chi connectivity index (χ0n) is 12.5. The molecule has 3 rings (SSSR count). The van der Waals surface area contributed by atoms with Gasteiger partial charge in [-0.25, -0.2) is 13.1 Å². The molecule has 0 fully saturated rings. The highest BCUT2D eigenvalue weighted by molar-refractivity contribution is 7.89. The Labute approximate surface area is 132 Å². The molecular weight excluding hydrogens is 318 g/mol. The number of hydrogen-bond acceptors (Lipinski definition) is 4. The molecule has 7 nitrogen and oxygen atoms in total. The van der Waals surface area contributed by atoms with Crippen molar-refractivity contribution >= 4 is 32.5 Å². The van der Waals surface area contributed by atoms with Crippen molar-refractivity contribution in [2.24, 2.45) is 0 Å². The third-order valence-corrected chi connectivity index (χ3v) is 4.64. The number of aryl methyl sites for hydroxylation is 1. The van der Waals surface area contributed by atoms with Crippen molar-refractivity contribution in [1.82, 2.24) is 9.71 Å². The molecule has 3 aromatic rings. The van der Waals surface area contributed by atoms with Crippen LogP contribution in [0.1, 0.15) is 16.2 Å². The molecule has 0 aliphatic heterocycles. The number of aromatic amines is 1. The molecule has 2 heterocycles. The van der Waals surface area contributed by atoms with Crippen molar-refractivity contribution in [1.29, 1.82) is 0 Å². The normalized spacial score (nSPS) is 11.7. The Morgan fingerprint density at radius 1 is 1.17 bits per heavy atom. The van der Waals surface area contributed by atoms with Gasteiger partial charge in [-0.3, -0.25) is 4.79 Å². The summed E-state index contributed by atoms with van der Waals surface area (Å²) in [6.07, 6.45) is 0. The molecule has 3 N–H and O–H groups in total. The quantitative estimate of drug-likeness (QED) is 0.681. The monoisotopic (exact) mass is 333 g/mol. The Kier molecular flexibility index (Phi) is 3.70. The van der Waals surface area contributed by atoms with Gasteiger partial charge in [-0.05, 0) is 50.4 Å². The van der Waals surface area contributed by atoms with E-state index >= 15 is 0 Å². The molecule has 0 atom stereocenters. The summed E-state index contributed by atoms with van der Waals surface area (Å²) in [5.74, 6) is -0.599. The van der Waals surface area contributed by atoms with Crippen molar-refractivity contribution in [2.45, 2.75) is 12.0 Å². The summed E-state index contributed by atoms with van der Waals surface area (Å²) < 4.78 is 30.4. The Morgan fingerprint density at radius 3 is 2.70 bits per heavy atom. The Bertz CT molecular complexity index is 985. The zero-order chi connectivity index (χ0) is 16.6. The van der Waals surface area contributed by atoms with Crippen LogP contribution in [0.2, 0.25) is 0 Å². The Balaban J connectivity index is 1.83. The third-order valence-electron chi connectivity index (χ3n) is 3.35. The van der Waals surface area contributed by atoms with Gasteiger partial charge in [0.25, 0.3) is 15.9 Å². The number of carbonyl (C=O) groups excluding carboxylic acids is 1. The minimum Gasteiger partial charge on any atom is -0.438 e. The first-order valence-electron chi connectivity index (χ1n) is 6.83. The van der Waals surface area contributed by atoms with Crippen LogP contribution >= 0.6 is 0 Å². The van der Waals surface area contributed by atoms with Crippen molar-refractivity contribution in [3.63, 3.8) is 0 Å². The number of amides is 1. The van der Waals surface area contributed by atoms with E-state index in [4.69, 9.17) is 4.42 Å². The van der Waals surface area contributed by atoms with E-state index in [1.165, 1.54) is 19.2 Å². The van der Waals surface area contributed by atoms with Gasteiger partial charge in [0.05, 0.1) is 0 Å². The van der Waals surface area contributed by atoms with Gasteiger partial charge in [-0.2, -0.15) is 0 Å². The molecule has 0 saturated carbocycles. The summed E-state index contributed by atoms with van der Waals surface area (Å²) in [4.78, 5) is 15.3. The number of aromatic nitrogens is 1. The van der Waals surface area contributed by atoms with Crippen molar-refractivity contribution in [3.8, 4) is 0 Å². The molecule has 0 aliphatic carbocycles. The molecule has 0 radical (unpaired) electrons. The number of sulfonamides is 1. The van der Waals surface area contributed by atoms with E-state index in [2.05, 4.69) is 15.0 Å². The van der Waals surface area contributed by atoms with Gasteiger partial charge in [0.1, 0.15) is 0 Å². The SMILES string of the molecule is CNS(=O)(=O)c1ccc(C(=O)Nc2ccc3[nH]c(C)cc3c2)o1. The highest BCUT2D eigenvalue weighted by Crippen LogP contribution is 2.21. The Morgan fingerprint density at radius 2 is 1.96 bits per heavy atom. The molecule has 8 heteroatoms. The Hall–Kier alpha value is -2.58. The molecule has 0 aliphatic rings. The number of fused-ring (bicyclic) bond motifs is 1. The van der Waals surface area contributed by atoms with Crippen LogP contribution in [0.3, 0.4) is 0 Å². The lowest BCUT2D eigenvalue weighted by Crippen LogP contribution is -2.18. The van der Waals surface area contributed by atoms with E-state index in [1.54, 1.807) is 6.07 Å². The first kappa shape index (κ1) is 15.3. The summed E-state index contributed by atoms with van der Waals surface area (Å²) >= 11 is 0. The van der Waals surface area contributed by atoms with Gasteiger partial charge in [-0.1, -0.05) is 0 Å². The number of benzene rings is 1. The smallest absolute Gasteiger partial charge is 0.291 e. The molecule has 0 unspecified atom stereocenters. The predicted octanol–water partition coefficient (Wildman–Crippen LogP) is 2.23. The van der Waals surface area contributed by atoms with Gasteiger partial charge in [-0.15, -0.1) is 0 Å². The molecule has 0 bridgehead atoms. The molecule has 0 saturated heterocycles. The van der Waals surface area contributed by atoms with E-state index in [0.29, 0.717) is 5.69 Å². The van der Waals surface area contributed by atoms with Crippen LogP contribution in [0.15, 0.2) is 45.9 Å². The fourth-order valence-electron chi connectivity index (χ4n) is 2.24. The highest BCUT2D eigenvalue weighted by Gasteiger charge is 2.19. The average Bonchev–Trinajstić information content (AvgIpc) is 3.12. The molecule has 1 aromatic carbocycles. The summed E-state index contributed by atoms with van der Waals surface area (Å²) in [6, 6.07) is 9.96. The molecule has 0 spiro atoms. The van der Waals surface area contributed by atoms with Crippen LogP contribution in [0.4, 0.5) is 5.69 Å². The maximum absolute atomic E-state index is 12.2. The van der Waals surface area contributed by atoms with Crippen LogP contribution in [0, 0.1) is 6.92 Å². The second-order valence-electron chi connectivity index (χ2n) is 5.03. The van der Waals surface area contributed by atoms with E-state index in [-0.39, 0.29) is 10.9 Å². The minimum absolute atomic E-state index is 0.0795. The lowest BCUT2D eigenvalue weighted by molar-refractivity contribution is 0.0991. The van der Waals surface area contributed by atoms with Gasteiger partial charge in [0, 0.05) is 22.3 Å². The number of rotatable bonds is 4. The van der Waals surface area contributed by atoms with Crippen LogP contribution in [0.25, 0.3) is 10.9 Å². The van der Waals surface area contributed by atoms with Crippen LogP contribution in [0.5, 0.6) is 0 Å². The van der Waals surface area contributed by atoms with Gasteiger partial charge in [0.2, 0.25) is 5.09 Å². The first-order valence-corrected chi connectivity index (χ1v) is 8.31. The summed E-state index contributed by atoms with van der Waals surface area (Å²) in [6.45, 7) is 1.95. The summed E-state index contributed by atoms with van der Waals surface area (Å²) in [7, 11) is -2.44. The number of H-pyrrole nitrogens is 1. The third kappa shape index (κ3) is 2.99. The summed E-state index contributed by atoms with van der Waals surface area (Å²) in [5.41, 5.74) is 2.59. The highest BCUT2D eigenvalue weighted by atomic mass is 32.2. The molecular formula is C15H15N3O4S. The largest absolute Gasteiger partial charge is 0.438 e. The lowest BCUT2D eigenvalue weighted by atomic mass is 10.2. The molecule has 2 aromatic heterocycles. The van der Waals surface area contributed by atoms with E-state index < -0.39 is 15.9 Å². The van der Waals surface area contributed by atoms with Gasteiger partial charge < -0.3 is 14.7 Å². The first-order chi connectivity index (χ1) is 10.9. The number of hydrogen-bond donors (Lipinski definition) is 3. The number of furan rings is 1. The fraction of sp³-hybridized carbons (Fsp3) is 0.133. The maximum atomic E-state index is 12.2. The van der Waals surface area contributed by atoms with Crippen molar-refractivity contribution in [3.05, 3.63) is 47.9 Å². The number of anilines is 1. The van der Waals surface area contributed by atoms with Crippen LogP contribution in [-0.2, 0) is 10.0 Å². The van der Waals surface area contributed by atoms with Crippen molar-refractivity contribution in [2.75, 3.05) is 12.4 Å². The standard InChI is InChI=1S/C15H15N3O4S/c1-9-7-10-8-11(3-4-12(10)17-9)18-15(19)13-5-6-14(22-13)23(20,21)16-2/h3-8,16-17H,1-2H3,(H,18,19). The van der Waals surface area contributed by atoms with E-state index in [1.807, 2.05) is 25.1 Å². The number of nitrogens with one attached hydrogen (secondary N) is 3. The predicted molar refractivity (Wildman–Crippen MR) is 85.9 cm³/mol. The van der Waals surface area contributed by atoms with E-state index in [0.717, 1.165) is 16.6 Å². The summed E-state index contributed by atoms with van der Waals surface area (Å²) in [5, 5.41) is 3.35. The van der Waals surface area contributed by atoms with Gasteiger partial charge >= 0.3 is 0 Å². The molecule has 23 heavy (non-hydrogen) atoms. The second kappa shape index (κ2) is 5.56. The van der Waals surface area contributed by atoms with Crippen molar-refractivity contribution < 1.29 is 17.6 Å².